The summed E-state index contributed by atoms with van der Waals surface area (Å²) in [5.74, 6) is 0. The van der Waals surface area contributed by atoms with E-state index in [1.165, 1.54) is 0 Å². The van der Waals surface area contributed by atoms with Crippen molar-refractivity contribution in [1.29, 1.82) is 0 Å². The van der Waals surface area contributed by atoms with E-state index in [-0.39, 0.29) is 6.10 Å². The predicted octanol–water partition coefficient (Wildman–Crippen LogP) is 0.812. The molecule has 1 fully saturated rings. The standard InChI is InChI=1S/C7H14BO5P/c1-3-5-6(4-7(8)12-5)13-14(9,10)11-2/h5-7H,3-4H2,1-2H3,(H,9,10)/t5-,6-,7-/m1/s1. The highest BCUT2D eigenvalue weighted by Crippen LogP contribution is 2.46. The average molecular weight is 220 g/mol. The Labute approximate surface area is 84.8 Å². The van der Waals surface area contributed by atoms with Crippen molar-refractivity contribution >= 4 is 15.7 Å². The Morgan fingerprint density at radius 1 is 1.71 bits per heavy atom. The molecule has 14 heavy (non-hydrogen) atoms. The zero-order chi connectivity index (χ0) is 10.8. The molecular formula is C7H14BO5P. The fraction of sp³-hybridized carbons (Fsp3) is 1.00. The van der Waals surface area contributed by atoms with E-state index in [0.717, 1.165) is 7.11 Å². The Morgan fingerprint density at radius 3 is 2.86 bits per heavy atom. The van der Waals surface area contributed by atoms with Crippen molar-refractivity contribution in [1.82, 2.24) is 0 Å². The van der Waals surface area contributed by atoms with Crippen LogP contribution in [-0.2, 0) is 18.3 Å². The topological polar surface area (TPSA) is 65.0 Å². The number of hydrogen-bond donors (Lipinski definition) is 1. The van der Waals surface area contributed by atoms with Crippen molar-refractivity contribution in [3.05, 3.63) is 0 Å². The van der Waals surface area contributed by atoms with Gasteiger partial charge in [0.2, 0.25) is 0 Å². The Bertz CT molecular complexity index is 236. The molecule has 1 aliphatic rings. The molecule has 1 aliphatic heterocycles. The molecule has 0 saturated carbocycles. The summed E-state index contributed by atoms with van der Waals surface area (Å²) in [6, 6.07) is -0.429. The minimum Gasteiger partial charge on any atom is -0.382 e. The lowest BCUT2D eigenvalue weighted by Gasteiger charge is -2.19. The van der Waals surface area contributed by atoms with E-state index >= 15 is 0 Å². The van der Waals surface area contributed by atoms with E-state index in [1.54, 1.807) is 0 Å². The smallest absolute Gasteiger partial charge is 0.382 e. The van der Waals surface area contributed by atoms with Crippen LogP contribution in [0, 0.1) is 0 Å². The second-order valence-electron chi connectivity index (χ2n) is 3.15. The van der Waals surface area contributed by atoms with Gasteiger partial charge in [-0.2, -0.15) is 0 Å². The van der Waals surface area contributed by atoms with Crippen molar-refractivity contribution in [3.8, 4) is 0 Å². The summed E-state index contributed by atoms with van der Waals surface area (Å²) in [7, 11) is 2.72. The van der Waals surface area contributed by atoms with Gasteiger partial charge in [0, 0.05) is 13.1 Å². The third kappa shape index (κ3) is 3.07. The minimum atomic E-state index is -3.94. The summed E-state index contributed by atoms with van der Waals surface area (Å²) < 4.78 is 25.6. The molecule has 4 atom stereocenters. The molecule has 1 unspecified atom stereocenters. The van der Waals surface area contributed by atoms with Crippen molar-refractivity contribution in [3.63, 3.8) is 0 Å². The van der Waals surface area contributed by atoms with Gasteiger partial charge in [-0.25, -0.2) is 4.57 Å². The average Bonchev–Trinajstić information content (AvgIpc) is 2.45. The lowest BCUT2D eigenvalue weighted by molar-refractivity contribution is 0.0254. The van der Waals surface area contributed by atoms with Crippen LogP contribution in [0.15, 0.2) is 0 Å². The van der Waals surface area contributed by atoms with Crippen molar-refractivity contribution < 1.29 is 23.2 Å². The molecule has 5 nitrogen and oxygen atoms in total. The highest BCUT2D eigenvalue weighted by atomic mass is 31.2. The molecule has 7 heteroatoms. The highest BCUT2D eigenvalue weighted by molar-refractivity contribution is 7.47. The summed E-state index contributed by atoms with van der Waals surface area (Å²) >= 11 is 0. The molecule has 1 saturated heterocycles. The second kappa shape index (κ2) is 4.77. The molecule has 0 aromatic heterocycles. The Balaban J connectivity index is 2.55. The van der Waals surface area contributed by atoms with Gasteiger partial charge < -0.3 is 9.63 Å². The highest BCUT2D eigenvalue weighted by Gasteiger charge is 2.37. The summed E-state index contributed by atoms with van der Waals surface area (Å²) in [5, 5.41) is 0. The molecule has 1 N–H and O–H groups in total. The van der Waals surface area contributed by atoms with Gasteiger partial charge in [0.25, 0.3) is 0 Å². The minimum absolute atomic E-state index is 0.236. The van der Waals surface area contributed by atoms with Crippen LogP contribution in [0.4, 0.5) is 0 Å². The molecule has 80 valence electrons. The monoisotopic (exact) mass is 220 g/mol. The molecule has 2 radical (unpaired) electrons. The molecule has 0 aliphatic carbocycles. The maximum Gasteiger partial charge on any atom is 0.472 e. The maximum absolute atomic E-state index is 11.1. The Kier molecular flexibility index (Phi) is 4.16. The van der Waals surface area contributed by atoms with Gasteiger partial charge >= 0.3 is 7.82 Å². The van der Waals surface area contributed by atoms with E-state index in [0.29, 0.717) is 12.8 Å². The number of phosphoric acid groups is 1. The van der Waals surface area contributed by atoms with Crippen molar-refractivity contribution in [2.75, 3.05) is 7.11 Å². The summed E-state index contributed by atoms with van der Waals surface area (Å²) in [6.07, 6.45) is 0.389. The van der Waals surface area contributed by atoms with Crippen LogP contribution in [0.1, 0.15) is 19.8 Å². The fourth-order valence-electron chi connectivity index (χ4n) is 1.43. The zero-order valence-electron chi connectivity index (χ0n) is 8.25. The molecule has 1 rings (SSSR count). The van der Waals surface area contributed by atoms with Gasteiger partial charge in [-0.3, -0.25) is 9.05 Å². The molecule has 1 heterocycles. The van der Waals surface area contributed by atoms with Crippen LogP contribution in [0.25, 0.3) is 0 Å². The van der Waals surface area contributed by atoms with Gasteiger partial charge in [-0.05, 0) is 12.8 Å². The Hall–Kier alpha value is 0.135. The number of rotatable bonds is 4. The lowest BCUT2D eigenvalue weighted by atomic mass is 9.96. The molecule has 0 spiro atoms. The first-order valence-corrected chi connectivity index (χ1v) is 5.96. The lowest BCUT2D eigenvalue weighted by Crippen LogP contribution is -2.22. The van der Waals surface area contributed by atoms with Crippen LogP contribution in [0.3, 0.4) is 0 Å². The van der Waals surface area contributed by atoms with Gasteiger partial charge in [0.05, 0.1) is 12.2 Å². The SMILES string of the molecule is [B][C@H]1C[C@@H](OP(=O)(O)OC)[C@@H](CC)O1. The largest absolute Gasteiger partial charge is 0.472 e. The quantitative estimate of drug-likeness (QED) is 0.560. The maximum atomic E-state index is 11.1. The number of phosphoric ester groups is 1. The van der Waals surface area contributed by atoms with Crippen molar-refractivity contribution in [2.24, 2.45) is 0 Å². The molecule has 0 amide bonds. The number of ether oxygens (including phenoxy) is 1. The van der Waals surface area contributed by atoms with E-state index in [9.17, 15) is 4.57 Å². The van der Waals surface area contributed by atoms with Crippen LogP contribution in [-0.4, -0.2) is 38.1 Å². The van der Waals surface area contributed by atoms with Gasteiger partial charge in [-0.1, -0.05) is 6.92 Å². The van der Waals surface area contributed by atoms with Crippen molar-refractivity contribution in [2.45, 2.75) is 38.0 Å². The fourth-order valence-corrected chi connectivity index (χ4v) is 2.08. The third-order valence-electron chi connectivity index (χ3n) is 2.13. The first-order chi connectivity index (χ1) is 6.48. The van der Waals surface area contributed by atoms with E-state index in [4.69, 9.17) is 22.0 Å². The molecule has 0 aromatic rings. The van der Waals surface area contributed by atoms with Gasteiger partial charge in [0.1, 0.15) is 7.85 Å². The molecule has 0 aromatic carbocycles. The van der Waals surface area contributed by atoms with Crippen LogP contribution in [0.5, 0.6) is 0 Å². The normalized spacial score (nSPS) is 36.9. The predicted molar refractivity (Wildman–Crippen MR) is 51.0 cm³/mol. The van der Waals surface area contributed by atoms with E-state index in [1.807, 2.05) is 6.92 Å². The summed E-state index contributed by atoms with van der Waals surface area (Å²) in [4.78, 5) is 9.10. The molecule has 0 bridgehead atoms. The van der Waals surface area contributed by atoms with Crippen LogP contribution >= 0.6 is 7.82 Å². The van der Waals surface area contributed by atoms with E-state index < -0.39 is 19.9 Å². The van der Waals surface area contributed by atoms with Crippen LogP contribution in [0.2, 0.25) is 0 Å². The Morgan fingerprint density at radius 2 is 2.36 bits per heavy atom. The van der Waals surface area contributed by atoms with Gasteiger partial charge in [0.15, 0.2) is 0 Å². The third-order valence-corrected chi connectivity index (χ3v) is 3.13. The second-order valence-corrected chi connectivity index (χ2v) is 4.67. The molecular weight excluding hydrogens is 206 g/mol. The zero-order valence-corrected chi connectivity index (χ0v) is 9.15. The first-order valence-electron chi connectivity index (χ1n) is 4.46. The van der Waals surface area contributed by atoms with Gasteiger partial charge in [-0.15, -0.1) is 0 Å². The summed E-state index contributed by atoms with van der Waals surface area (Å²) in [5.41, 5.74) is 0. The summed E-state index contributed by atoms with van der Waals surface area (Å²) in [6.45, 7) is 1.90. The first kappa shape index (κ1) is 12.2. The number of hydrogen-bond acceptors (Lipinski definition) is 4. The van der Waals surface area contributed by atoms with E-state index in [2.05, 4.69) is 4.52 Å². The van der Waals surface area contributed by atoms with Crippen LogP contribution < -0.4 is 0 Å².